The van der Waals surface area contributed by atoms with E-state index < -0.39 is 0 Å². The van der Waals surface area contributed by atoms with Gasteiger partial charge in [0.1, 0.15) is 12.9 Å². The lowest BCUT2D eigenvalue weighted by Gasteiger charge is -2.12. The van der Waals surface area contributed by atoms with Gasteiger partial charge in [-0.15, -0.1) is 0 Å². The standard InChI is InChI=1S/C10H16N4O3/c1-4-17-7(15)5-12-10-8(16-3)9(11-2)13-6-14-10/h6H,4-5H2,1-3H3,(H2,11,12,13,14). The summed E-state index contributed by atoms with van der Waals surface area (Å²) in [5.74, 6) is 1.10. The average Bonchev–Trinajstić information content (AvgIpc) is 2.36. The van der Waals surface area contributed by atoms with Gasteiger partial charge in [-0.2, -0.15) is 0 Å². The fraction of sp³-hybridized carbons (Fsp3) is 0.500. The van der Waals surface area contributed by atoms with Gasteiger partial charge in [-0.05, 0) is 6.92 Å². The molecule has 0 saturated carbocycles. The Morgan fingerprint density at radius 3 is 2.71 bits per heavy atom. The fourth-order valence-corrected chi connectivity index (χ4v) is 1.24. The topological polar surface area (TPSA) is 85.4 Å². The highest BCUT2D eigenvalue weighted by atomic mass is 16.5. The quantitative estimate of drug-likeness (QED) is 0.700. The van der Waals surface area contributed by atoms with E-state index in [0.29, 0.717) is 24.0 Å². The number of nitrogens with zero attached hydrogens (tertiary/aromatic N) is 2. The van der Waals surface area contributed by atoms with Crippen molar-refractivity contribution in [2.24, 2.45) is 0 Å². The summed E-state index contributed by atoms with van der Waals surface area (Å²) in [6.45, 7) is 2.13. The highest BCUT2D eigenvalue weighted by molar-refractivity contribution is 5.76. The summed E-state index contributed by atoms with van der Waals surface area (Å²) in [7, 11) is 3.23. The molecule has 94 valence electrons. The third-order valence-electron chi connectivity index (χ3n) is 1.95. The second-order valence-corrected chi connectivity index (χ2v) is 3.01. The molecule has 0 aliphatic carbocycles. The Balaban J connectivity index is 2.73. The van der Waals surface area contributed by atoms with Gasteiger partial charge in [-0.25, -0.2) is 9.97 Å². The maximum Gasteiger partial charge on any atom is 0.325 e. The molecule has 0 aliphatic rings. The lowest BCUT2D eigenvalue weighted by atomic mass is 10.4. The van der Waals surface area contributed by atoms with Crippen molar-refractivity contribution in [1.29, 1.82) is 0 Å². The normalized spacial score (nSPS) is 9.59. The summed E-state index contributed by atoms with van der Waals surface area (Å²) < 4.78 is 9.95. The first-order valence-corrected chi connectivity index (χ1v) is 5.19. The highest BCUT2D eigenvalue weighted by Gasteiger charge is 2.11. The van der Waals surface area contributed by atoms with Crippen LogP contribution in [0, 0.1) is 0 Å². The van der Waals surface area contributed by atoms with E-state index in [1.165, 1.54) is 13.4 Å². The van der Waals surface area contributed by atoms with Crippen LogP contribution in [0.1, 0.15) is 6.92 Å². The van der Waals surface area contributed by atoms with Crippen LogP contribution in [0.4, 0.5) is 11.6 Å². The minimum Gasteiger partial charge on any atom is -0.490 e. The van der Waals surface area contributed by atoms with E-state index in [0.717, 1.165) is 0 Å². The van der Waals surface area contributed by atoms with Crippen molar-refractivity contribution < 1.29 is 14.3 Å². The van der Waals surface area contributed by atoms with Gasteiger partial charge in [-0.3, -0.25) is 4.79 Å². The molecule has 1 rings (SSSR count). The number of rotatable bonds is 6. The number of carbonyl (C=O) groups is 1. The first kappa shape index (κ1) is 13.0. The Bertz CT molecular complexity index is 384. The van der Waals surface area contributed by atoms with E-state index >= 15 is 0 Å². The van der Waals surface area contributed by atoms with Gasteiger partial charge in [0.15, 0.2) is 11.6 Å². The molecule has 0 atom stereocenters. The van der Waals surface area contributed by atoms with Crippen molar-refractivity contribution >= 4 is 17.6 Å². The molecule has 0 unspecified atom stereocenters. The molecule has 17 heavy (non-hydrogen) atoms. The number of aromatic nitrogens is 2. The fourth-order valence-electron chi connectivity index (χ4n) is 1.24. The lowest BCUT2D eigenvalue weighted by Crippen LogP contribution is -2.18. The van der Waals surface area contributed by atoms with Crippen LogP contribution in [0.25, 0.3) is 0 Å². The predicted octanol–water partition coefficient (Wildman–Crippen LogP) is 0.502. The molecular formula is C10H16N4O3. The number of anilines is 2. The largest absolute Gasteiger partial charge is 0.490 e. The molecule has 0 aliphatic heterocycles. The molecule has 0 radical (unpaired) electrons. The number of hydrogen-bond acceptors (Lipinski definition) is 7. The van der Waals surface area contributed by atoms with E-state index in [-0.39, 0.29) is 12.5 Å². The van der Waals surface area contributed by atoms with Crippen LogP contribution in [0.2, 0.25) is 0 Å². The monoisotopic (exact) mass is 240 g/mol. The molecular weight excluding hydrogens is 224 g/mol. The Labute approximate surface area is 99.5 Å². The number of methoxy groups -OCH3 is 1. The Morgan fingerprint density at radius 2 is 2.12 bits per heavy atom. The summed E-state index contributed by atoms with van der Waals surface area (Å²) in [6.07, 6.45) is 1.38. The molecule has 2 N–H and O–H groups in total. The van der Waals surface area contributed by atoms with E-state index in [2.05, 4.69) is 20.6 Å². The molecule has 1 aromatic heterocycles. The van der Waals surface area contributed by atoms with Crippen LogP contribution in [0.3, 0.4) is 0 Å². The van der Waals surface area contributed by atoms with Crippen LogP contribution in [-0.4, -0.2) is 43.2 Å². The zero-order valence-corrected chi connectivity index (χ0v) is 10.1. The zero-order valence-electron chi connectivity index (χ0n) is 10.1. The molecule has 1 heterocycles. The molecule has 0 aromatic carbocycles. The molecule has 0 amide bonds. The number of carbonyl (C=O) groups excluding carboxylic acids is 1. The summed E-state index contributed by atoms with van der Waals surface area (Å²) >= 11 is 0. The Morgan fingerprint density at radius 1 is 1.41 bits per heavy atom. The maximum atomic E-state index is 11.2. The summed E-state index contributed by atoms with van der Waals surface area (Å²) in [5.41, 5.74) is 0. The Hall–Kier alpha value is -2.05. The Kier molecular flexibility index (Phi) is 4.99. The zero-order chi connectivity index (χ0) is 12.7. The van der Waals surface area contributed by atoms with Gasteiger partial charge in [0, 0.05) is 7.05 Å². The first-order chi connectivity index (χ1) is 8.22. The molecule has 7 nitrogen and oxygen atoms in total. The van der Waals surface area contributed by atoms with Crippen LogP contribution >= 0.6 is 0 Å². The number of hydrogen-bond donors (Lipinski definition) is 2. The second-order valence-electron chi connectivity index (χ2n) is 3.01. The van der Waals surface area contributed by atoms with Crippen LogP contribution in [0.15, 0.2) is 6.33 Å². The van der Waals surface area contributed by atoms with Gasteiger partial charge in [0.25, 0.3) is 0 Å². The summed E-state index contributed by atoms with van der Waals surface area (Å²) in [4.78, 5) is 19.2. The third kappa shape index (κ3) is 3.47. The minimum absolute atomic E-state index is 0.0321. The third-order valence-corrected chi connectivity index (χ3v) is 1.95. The first-order valence-electron chi connectivity index (χ1n) is 5.19. The predicted molar refractivity (Wildman–Crippen MR) is 63.3 cm³/mol. The number of nitrogens with one attached hydrogen (secondary N) is 2. The van der Waals surface area contributed by atoms with Crippen LogP contribution < -0.4 is 15.4 Å². The smallest absolute Gasteiger partial charge is 0.325 e. The van der Waals surface area contributed by atoms with Gasteiger partial charge < -0.3 is 20.1 Å². The number of ether oxygens (including phenoxy) is 2. The second kappa shape index (κ2) is 6.51. The molecule has 7 heteroatoms. The molecule has 0 fully saturated rings. The average molecular weight is 240 g/mol. The maximum absolute atomic E-state index is 11.2. The van der Waals surface area contributed by atoms with Gasteiger partial charge >= 0.3 is 5.97 Å². The van der Waals surface area contributed by atoms with Crippen molar-refractivity contribution in [3.8, 4) is 5.75 Å². The van der Waals surface area contributed by atoms with Crippen molar-refractivity contribution in [1.82, 2.24) is 9.97 Å². The molecule has 0 bridgehead atoms. The van der Waals surface area contributed by atoms with Crippen molar-refractivity contribution in [2.45, 2.75) is 6.92 Å². The molecule has 0 saturated heterocycles. The van der Waals surface area contributed by atoms with Gasteiger partial charge in [0.2, 0.25) is 5.75 Å². The minimum atomic E-state index is -0.348. The van der Waals surface area contributed by atoms with Crippen molar-refractivity contribution in [3.63, 3.8) is 0 Å². The van der Waals surface area contributed by atoms with E-state index in [9.17, 15) is 4.79 Å². The van der Waals surface area contributed by atoms with E-state index in [4.69, 9.17) is 9.47 Å². The van der Waals surface area contributed by atoms with Crippen molar-refractivity contribution in [3.05, 3.63) is 6.33 Å². The summed E-state index contributed by atoms with van der Waals surface area (Å²) in [6, 6.07) is 0. The van der Waals surface area contributed by atoms with Gasteiger partial charge in [-0.1, -0.05) is 0 Å². The SMILES string of the molecule is CCOC(=O)CNc1ncnc(NC)c1OC. The number of esters is 1. The summed E-state index contributed by atoms with van der Waals surface area (Å²) in [5, 5.41) is 5.70. The van der Waals surface area contributed by atoms with Crippen LogP contribution in [-0.2, 0) is 9.53 Å². The highest BCUT2D eigenvalue weighted by Crippen LogP contribution is 2.27. The van der Waals surface area contributed by atoms with Gasteiger partial charge in [0.05, 0.1) is 13.7 Å². The van der Waals surface area contributed by atoms with Crippen molar-refractivity contribution in [2.75, 3.05) is 37.9 Å². The van der Waals surface area contributed by atoms with Crippen LogP contribution in [0.5, 0.6) is 5.75 Å². The molecule has 0 spiro atoms. The molecule has 1 aromatic rings. The van der Waals surface area contributed by atoms with E-state index in [1.807, 2.05) is 0 Å². The van der Waals surface area contributed by atoms with E-state index in [1.54, 1.807) is 14.0 Å². The lowest BCUT2D eigenvalue weighted by molar-refractivity contribution is -0.140.